The number of rotatable bonds is 5. The largest absolute Gasteiger partial charge is 0.497 e. The average molecular weight is 334 g/mol. The highest BCUT2D eigenvalue weighted by molar-refractivity contribution is 5.75. The number of hydrogen-bond donors (Lipinski definition) is 1. The Hall–Kier alpha value is -1.95. The Morgan fingerprint density at radius 1 is 1.33 bits per heavy atom. The van der Waals surface area contributed by atoms with Crippen LogP contribution < -0.4 is 14.8 Å². The van der Waals surface area contributed by atoms with Gasteiger partial charge in [-0.25, -0.2) is 4.79 Å². The van der Waals surface area contributed by atoms with Crippen molar-refractivity contribution in [2.45, 2.75) is 25.3 Å². The van der Waals surface area contributed by atoms with E-state index in [9.17, 15) is 4.79 Å². The molecule has 0 saturated carbocycles. The average Bonchev–Trinajstić information content (AvgIpc) is 3.30. The summed E-state index contributed by atoms with van der Waals surface area (Å²) in [7, 11) is 3.30. The van der Waals surface area contributed by atoms with E-state index in [4.69, 9.17) is 14.2 Å². The number of nitrogens with one attached hydrogen (secondary N) is 1. The highest BCUT2D eigenvalue weighted by Crippen LogP contribution is 2.38. The Morgan fingerprint density at radius 2 is 2.21 bits per heavy atom. The van der Waals surface area contributed by atoms with Crippen molar-refractivity contribution in [2.24, 2.45) is 5.92 Å². The summed E-state index contributed by atoms with van der Waals surface area (Å²) in [6.07, 6.45) is 2.95. The van der Waals surface area contributed by atoms with Crippen molar-refractivity contribution in [1.29, 1.82) is 0 Å². The van der Waals surface area contributed by atoms with Gasteiger partial charge in [0.15, 0.2) is 0 Å². The van der Waals surface area contributed by atoms with E-state index in [2.05, 4.69) is 5.32 Å². The first-order chi connectivity index (χ1) is 11.7. The molecule has 2 saturated heterocycles. The fraction of sp³-hybridized carbons (Fsp3) is 0.611. The molecular formula is C18H26N2O4. The van der Waals surface area contributed by atoms with Crippen LogP contribution in [0.5, 0.6) is 11.5 Å². The summed E-state index contributed by atoms with van der Waals surface area (Å²) in [4.78, 5) is 14.6. The van der Waals surface area contributed by atoms with Crippen molar-refractivity contribution in [3.8, 4) is 11.5 Å². The summed E-state index contributed by atoms with van der Waals surface area (Å²) in [6, 6.07) is 5.77. The van der Waals surface area contributed by atoms with Crippen molar-refractivity contribution in [3.63, 3.8) is 0 Å². The zero-order chi connectivity index (χ0) is 16.9. The number of urea groups is 1. The zero-order valence-corrected chi connectivity index (χ0v) is 14.4. The molecule has 2 amide bonds. The molecule has 1 aromatic rings. The van der Waals surface area contributed by atoms with Crippen LogP contribution in [-0.4, -0.2) is 51.5 Å². The molecule has 2 atom stereocenters. The quantitative estimate of drug-likeness (QED) is 0.899. The topological polar surface area (TPSA) is 60.0 Å². The molecule has 2 heterocycles. The van der Waals surface area contributed by atoms with Crippen LogP contribution >= 0.6 is 0 Å². The summed E-state index contributed by atoms with van der Waals surface area (Å²) >= 11 is 0. The number of carbonyl (C=O) groups is 1. The van der Waals surface area contributed by atoms with Crippen molar-refractivity contribution >= 4 is 6.03 Å². The van der Waals surface area contributed by atoms with Crippen LogP contribution in [0.15, 0.2) is 18.2 Å². The van der Waals surface area contributed by atoms with Gasteiger partial charge in [-0.15, -0.1) is 0 Å². The van der Waals surface area contributed by atoms with E-state index in [0.717, 1.165) is 56.1 Å². The van der Waals surface area contributed by atoms with Gasteiger partial charge in [0.2, 0.25) is 0 Å². The molecule has 0 aliphatic carbocycles. The third-order valence-corrected chi connectivity index (χ3v) is 4.88. The molecule has 0 unspecified atom stereocenters. The zero-order valence-electron chi connectivity index (χ0n) is 14.4. The number of carbonyl (C=O) groups excluding carboxylic acids is 1. The number of benzene rings is 1. The summed E-state index contributed by atoms with van der Waals surface area (Å²) in [5, 5.41) is 3.07. The molecule has 0 spiro atoms. The molecule has 0 radical (unpaired) electrons. The third kappa shape index (κ3) is 3.59. The molecule has 132 valence electrons. The lowest BCUT2D eigenvalue weighted by atomic mass is 10.0. The van der Waals surface area contributed by atoms with E-state index >= 15 is 0 Å². The number of amides is 2. The van der Waals surface area contributed by atoms with Gasteiger partial charge in [-0.1, -0.05) is 0 Å². The summed E-state index contributed by atoms with van der Waals surface area (Å²) < 4.78 is 16.2. The van der Waals surface area contributed by atoms with E-state index in [1.165, 1.54) is 0 Å². The van der Waals surface area contributed by atoms with Gasteiger partial charge in [0, 0.05) is 31.2 Å². The lowest BCUT2D eigenvalue weighted by Crippen LogP contribution is -2.41. The lowest BCUT2D eigenvalue weighted by molar-refractivity contribution is 0.178. The van der Waals surface area contributed by atoms with E-state index < -0.39 is 0 Å². The predicted molar refractivity (Wildman–Crippen MR) is 90.6 cm³/mol. The van der Waals surface area contributed by atoms with Gasteiger partial charge in [-0.3, -0.25) is 0 Å². The first-order valence-electron chi connectivity index (χ1n) is 8.57. The van der Waals surface area contributed by atoms with E-state index in [-0.39, 0.29) is 12.1 Å². The Bertz CT molecular complexity index is 572. The molecule has 1 aromatic carbocycles. The number of methoxy groups -OCH3 is 2. The van der Waals surface area contributed by atoms with Crippen LogP contribution in [0, 0.1) is 5.92 Å². The molecule has 6 nitrogen and oxygen atoms in total. The number of likely N-dealkylation sites (tertiary alicyclic amines) is 1. The Balaban J connectivity index is 1.71. The van der Waals surface area contributed by atoms with Crippen LogP contribution in [0.25, 0.3) is 0 Å². The van der Waals surface area contributed by atoms with Crippen LogP contribution in [0.4, 0.5) is 4.79 Å². The fourth-order valence-electron chi connectivity index (χ4n) is 3.51. The SMILES string of the molecule is COc1ccc(OC)c([C@H]2CCCN2C(=O)NC[C@@H]2CCOC2)c1. The maximum atomic E-state index is 12.6. The minimum atomic E-state index is -0.00530. The molecule has 2 aliphatic rings. The smallest absolute Gasteiger partial charge is 0.317 e. The second-order valence-electron chi connectivity index (χ2n) is 6.37. The van der Waals surface area contributed by atoms with Gasteiger partial charge in [0.05, 0.1) is 26.9 Å². The third-order valence-electron chi connectivity index (χ3n) is 4.88. The van der Waals surface area contributed by atoms with Gasteiger partial charge < -0.3 is 24.4 Å². The molecule has 24 heavy (non-hydrogen) atoms. The standard InChI is InChI=1S/C18H26N2O4/c1-22-14-5-6-17(23-2)15(10-14)16-4-3-8-20(16)18(21)19-11-13-7-9-24-12-13/h5-6,10,13,16H,3-4,7-9,11-12H2,1-2H3,(H,19,21)/t13-,16+/m0/s1. The Labute approximate surface area is 143 Å². The van der Waals surface area contributed by atoms with E-state index in [0.29, 0.717) is 12.5 Å². The van der Waals surface area contributed by atoms with Gasteiger partial charge >= 0.3 is 6.03 Å². The van der Waals surface area contributed by atoms with Crippen molar-refractivity contribution in [2.75, 3.05) is 40.5 Å². The second kappa shape index (κ2) is 7.75. The molecule has 2 fully saturated rings. The highest BCUT2D eigenvalue weighted by atomic mass is 16.5. The molecular weight excluding hydrogens is 308 g/mol. The number of nitrogens with zero attached hydrogens (tertiary/aromatic N) is 1. The number of hydrogen-bond acceptors (Lipinski definition) is 4. The Morgan fingerprint density at radius 3 is 2.92 bits per heavy atom. The van der Waals surface area contributed by atoms with E-state index in [1.807, 2.05) is 23.1 Å². The predicted octanol–water partition coefficient (Wildman–Crippen LogP) is 2.59. The molecule has 1 N–H and O–H groups in total. The van der Waals surface area contributed by atoms with Crippen molar-refractivity contribution in [3.05, 3.63) is 23.8 Å². The highest BCUT2D eigenvalue weighted by Gasteiger charge is 2.32. The molecule has 3 rings (SSSR count). The van der Waals surface area contributed by atoms with Gasteiger partial charge in [0.25, 0.3) is 0 Å². The van der Waals surface area contributed by atoms with Gasteiger partial charge in [0.1, 0.15) is 11.5 Å². The van der Waals surface area contributed by atoms with Crippen molar-refractivity contribution < 1.29 is 19.0 Å². The molecule has 2 aliphatic heterocycles. The van der Waals surface area contributed by atoms with Gasteiger partial charge in [-0.2, -0.15) is 0 Å². The van der Waals surface area contributed by atoms with Crippen LogP contribution in [0.1, 0.15) is 30.9 Å². The first kappa shape index (κ1) is 16.9. The van der Waals surface area contributed by atoms with Crippen LogP contribution in [-0.2, 0) is 4.74 Å². The van der Waals surface area contributed by atoms with Crippen molar-refractivity contribution in [1.82, 2.24) is 10.2 Å². The van der Waals surface area contributed by atoms with Crippen LogP contribution in [0.2, 0.25) is 0 Å². The lowest BCUT2D eigenvalue weighted by Gasteiger charge is -2.27. The van der Waals surface area contributed by atoms with Crippen LogP contribution in [0.3, 0.4) is 0 Å². The second-order valence-corrected chi connectivity index (χ2v) is 6.37. The maximum Gasteiger partial charge on any atom is 0.317 e. The minimum Gasteiger partial charge on any atom is -0.497 e. The molecule has 0 bridgehead atoms. The summed E-state index contributed by atoms with van der Waals surface area (Å²) in [5.41, 5.74) is 1.01. The monoisotopic (exact) mass is 334 g/mol. The Kier molecular flexibility index (Phi) is 5.45. The van der Waals surface area contributed by atoms with Gasteiger partial charge in [-0.05, 0) is 37.5 Å². The normalized spacial score (nSPS) is 23.3. The fourth-order valence-corrected chi connectivity index (χ4v) is 3.51. The first-order valence-corrected chi connectivity index (χ1v) is 8.57. The summed E-state index contributed by atoms with van der Waals surface area (Å²) in [6.45, 7) is 2.98. The number of ether oxygens (including phenoxy) is 3. The summed E-state index contributed by atoms with van der Waals surface area (Å²) in [5.74, 6) is 2.01. The molecule has 0 aromatic heterocycles. The van der Waals surface area contributed by atoms with E-state index in [1.54, 1.807) is 14.2 Å². The maximum absolute atomic E-state index is 12.6. The molecule has 6 heteroatoms. The minimum absolute atomic E-state index is 0.00530.